The van der Waals surface area contributed by atoms with Crippen LogP contribution in [0.5, 0.6) is 0 Å². The van der Waals surface area contributed by atoms with E-state index in [4.69, 9.17) is 32.5 Å². The van der Waals surface area contributed by atoms with Crippen LogP contribution in [-0.2, 0) is 14.3 Å². The van der Waals surface area contributed by atoms with Gasteiger partial charge in [0, 0.05) is 25.0 Å². The molecule has 0 aliphatic heterocycles. The molecule has 0 aromatic carbocycles. The van der Waals surface area contributed by atoms with Crippen molar-refractivity contribution in [3.63, 3.8) is 0 Å². The van der Waals surface area contributed by atoms with Gasteiger partial charge in [0.25, 0.3) is 0 Å². The van der Waals surface area contributed by atoms with Gasteiger partial charge in [-0.2, -0.15) is 0 Å². The quantitative estimate of drug-likeness (QED) is 0.335. The van der Waals surface area contributed by atoms with E-state index in [0.29, 0.717) is 25.0 Å². The molecular formula is C8H16BCl2O3. The van der Waals surface area contributed by atoms with Crippen LogP contribution in [0.25, 0.3) is 0 Å². The second-order valence-corrected chi connectivity index (χ2v) is 3.58. The highest BCUT2D eigenvalue weighted by Gasteiger charge is 2.16. The molecule has 0 bridgehead atoms. The SMILES string of the molecule is [O]B(OCCCCCl)OCCCCCl. The first-order chi connectivity index (χ1) is 6.81. The summed E-state index contributed by atoms with van der Waals surface area (Å²) < 4.78 is 9.71. The van der Waals surface area contributed by atoms with Crippen molar-refractivity contribution < 1.29 is 14.3 Å². The zero-order valence-electron chi connectivity index (χ0n) is 8.21. The number of alkyl halides is 2. The van der Waals surface area contributed by atoms with Gasteiger partial charge < -0.3 is 9.31 Å². The molecule has 14 heavy (non-hydrogen) atoms. The Morgan fingerprint density at radius 1 is 0.857 bits per heavy atom. The highest BCUT2D eigenvalue weighted by atomic mass is 35.5. The molecule has 0 unspecified atom stereocenters. The van der Waals surface area contributed by atoms with Crippen LogP contribution in [0, 0.1) is 0 Å². The fraction of sp³-hybridized carbons (Fsp3) is 1.00. The Balaban J connectivity index is 3.07. The Morgan fingerprint density at radius 3 is 1.64 bits per heavy atom. The standard InChI is InChI=1S/C8H16BCl2O3/c10-5-1-3-7-13-9(12)14-8-4-2-6-11/h1-8H2. The van der Waals surface area contributed by atoms with Crippen molar-refractivity contribution >= 4 is 30.5 Å². The molecule has 0 amide bonds. The second kappa shape index (κ2) is 11.6. The van der Waals surface area contributed by atoms with E-state index < -0.39 is 7.32 Å². The minimum absolute atomic E-state index is 0.413. The molecule has 0 atom stereocenters. The Bertz CT molecular complexity index is 107. The Morgan fingerprint density at radius 2 is 1.29 bits per heavy atom. The van der Waals surface area contributed by atoms with Crippen molar-refractivity contribution in [2.75, 3.05) is 25.0 Å². The van der Waals surface area contributed by atoms with Crippen molar-refractivity contribution in [2.45, 2.75) is 25.7 Å². The fourth-order valence-corrected chi connectivity index (χ4v) is 1.18. The van der Waals surface area contributed by atoms with E-state index in [9.17, 15) is 5.02 Å². The first-order valence-corrected chi connectivity index (χ1v) is 5.89. The lowest BCUT2D eigenvalue weighted by Crippen LogP contribution is -2.22. The van der Waals surface area contributed by atoms with E-state index >= 15 is 0 Å². The van der Waals surface area contributed by atoms with Gasteiger partial charge in [-0.3, -0.25) is 0 Å². The van der Waals surface area contributed by atoms with Gasteiger partial charge in [0.1, 0.15) is 0 Å². The van der Waals surface area contributed by atoms with Gasteiger partial charge in [0.05, 0.1) is 0 Å². The van der Waals surface area contributed by atoms with E-state index in [-0.39, 0.29) is 0 Å². The molecule has 0 saturated carbocycles. The van der Waals surface area contributed by atoms with Gasteiger partial charge in [-0.1, -0.05) is 0 Å². The average Bonchev–Trinajstić information content (AvgIpc) is 2.19. The predicted octanol–water partition coefficient (Wildman–Crippen LogP) is 2.47. The number of hydrogen-bond donors (Lipinski definition) is 0. The van der Waals surface area contributed by atoms with E-state index in [2.05, 4.69) is 0 Å². The summed E-state index contributed by atoms with van der Waals surface area (Å²) in [4.78, 5) is 0. The van der Waals surface area contributed by atoms with Gasteiger partial charge in [0.15, 0.2) is 0 Å². The van der Waals surface area contributed by atoms with E-state index in [0.717, 1.165) is 25.7 Å². The summed E-state index contributed by atoms with van der Waals surface area (Å²) in [6.07, 6.45) is 3.32. The molecule has 0 rings (SSSR count). The molecule has 0 fully saturated rings. The zero-order valence-corrected chi connectivity index (χ0v) is 9.73. The normalized spacial score (nSPS) is 10.5. The number of unbranched alkanes of at least 4 members (excludes halogenated alkanes) is 2. The van der Waals surface area contributed by atoms with Crippen molar-refractivity contribution in [3.05, 3.63) is 0 Å². The topological polar surface area (TPSA) is 38.4 Å². The lowest BCUT2D eigenvalue weighted by atomic mass is 10.2. The monoisotopic (exact) mass is 241 g/mol. The fourth-order valence-electron chi connectivity index (χ4n) is 0.800. The molecule has 0 aromatic heterocycles. The summed E-state index contributed by atoms with van der Waals surface area (Å²) >= 11 is 10.9. The maximum atomic E-state index is 10.9. The average molecular weight is 242 g/mol. The Hall–Kier alpha value is 0.525. The van der Waals surface area contributed by atoms with Crippen LogP contribution in [0.3, 0.4) is 0 Å². The third-order valence-corrected chi connectivity index (χ3v) is 2.10. The highest BCUT2D eigenvalue weighted by Crippen LogP contribution is 1.97. The highest BCUT2D eigenvalue weighted by molar-refractivity contribution is 6.34. The third-order valence-electron chi connectivity index (χ3n) is 1.56. The second-order valence-electron chi connectivity index (χ2n) is 2.82. The number of hydrogen-bond acceptors (Lipinski definition) is 2. The molecule has 1 radical (unpaired) electrons. The molecule has 0 spiro atoms. The van der Waals surface area contributed by atoms with Crippen LogP contribution >= 0.6 is 23.2 Å². The molecule has 0 heterocycles. The number of rotatable bonds is 10. The predicted molar refractivity (Wildman–Crippen MR) is 58.3 cm³/mol. The first kappa shape index (κ1) is 14.5. The van der Waals surface area contributed by atoms with Gasteiger partial charge in [0.2, 0.25) is 0 Å². The number of halogens is 2. The lowest BCUT2D eigenvalue weighted by Gasteiger charge is -2.06. The van der Waals surface area contributed by atoms with E-state index in [1.54, 1.807) is 0 Å². The molecule has 0 N–H and O–H groups in total. The first-order valence-electron chi connectivity index (χ1n) is 4.82. The van der Waals surface area contributed by atoms with E-state index in [1.807, 2.05) is 0 Å². The van der Waals surface area contributed by atoms with Crippen molar-refractivity contribution in [1.82, 2.24) is 0 Å². The lowest BCUT2D eigenvalue weighted by molar-refractivity contribution is 0.106. The molecule has 6 heteroatoms. The zero-order chi connectivity index (χ0) is 10.6. The van der Waals surface area contributed by atoms with Crippen molar-refractivity contribution in [2.24, 2.45) is 0 Å². The molecule has 0 aliphatic rings. The molecule has 83 valence electrons. The van der Waals surface area contributed by atoms with Crippen LogP contribution in [0.4, 0.5) is 0 Å². The largest absolute Gasteiger partial charge is 0.666 e. The van der Waals surface area contributed by atoms with Gasteiger partial charge in [-0.05, 0) is 25.7 Å². The van der Waals surface area contributed by atoms with Crippen LogP contribution in [0.1, 0.15) is 25.7 Å². The Labute approximate surface area is 95.8 Å². The van der Waals surface area contributed by atoms with Crippen LogP contribution < -0.4 is 0 Å². The summed E-state index contributed by atoms with van der Waals surface area (Å²) in [5.41, 5.74) is 0. The molecule has 0 aliphatic carbocycles. The molecule has 0 saturated heterocycles. The summed E-state index contributed by atoms with van der Waals surface area (Å²) in [5.74, 6) is 1.20. The minimum Gasteiger partial charge on any atom is -0.384 e. The van der Waals surface area contributed by atoms with Gasteiger partial charge in [-0.25, -0.2) is 5.02 Å². The summed E-state index contributed by atoms with van der Waals surface area (Å²) in [6, 6.07) is 0. The van der Waals surface area contributed by atoms with Crippen molar-refractivity contribution in [1.29, 1.82) is 0 Å². The maximum Gasteiger partial charge on any atom is 0.666 e. The summed E-state index contributed by atoms with van der Waals surface area (Å²) in [6.45, 7) is 0.826. The minimum atomic E-state index is -1.36. The van der Waals surface area contributed by atoms with Gasteiger partial charge in [-0.15, -0.1) is 23.2 Å². The summed E-state index contributed by atoms with van der Waals surface area (Å²) in [5, 5.41) is 10.9. The van der Waals surface area contributed by atoms with Crippen LogP contribution in [0.15, 0.2) is 0 Å². The van der Waals surface area contributed by atoms with E-state index in [1.165, 1.54) is 0 Å². The molecule has 3 nitrogen and oxygen atoms in total. The van der Waals surface area contributed by atoms with Crippen LogP contribution in [0.2, 0.25) is 0 Å². The third kappa shape index (κ3) is 10.6. The smallest absolute Gasteiger partial charge is 0.384 e. The van der Waals surface area contributed by atoms with Crippen LogP contribution in [-0.4, -0.2) is 32.3 Å². The maximum absolute atomic E-state index is 10.9. The van der Waals surface area contributed by atoms with Crippen molar-refractivity contribution in [3.8, 4) is 0 Å². The summed E-state index contributed by atoms with van der Waals surface area (Å²) in [7, 11) is -1.36. The molecule has 0 aromatic rings. The van der Waals surface area contributed by atoms with Gasteiger partial charge >= 0.3 is 7.32 Å². The Kier molecular flexibility index (Phi) is 12.0. The molecular weight excluding hydrogens is 226 g/mol.